The highest BCUT2D eigenvalue weighted by molar-refractivity contribution is 7.54. The van der Waals surface area contributed by atoms with Crippen molar-refractivity contribution in [3.05, 3.63) is 100 Å². The lowest BCUT2D eigenvalue weighted by atomic mass is 9.98. The van der Waals surface area contributed by atoms with Crippen molar-refractivity contribution in [1.82, 2.24) is 15.6 Å². The van der Waals surface area contributed by atoms with E-state index >= 15 is 8.78 Å². The van der Waals surface area contributed by atoms with Gasteiger partial charge in [0.05, 0.1) is 35.3 Å². The summed E-state index contributed by atoms with van der Waals surface area (Å²) in [6, 6.07) is 14.9. The van der Waals surface area contributed by atoms with Gasteiger partial charge in [-0.2, -0.15) is 8.78 Å². The SMILES string of the molecule is Cc1ccc(CO[C@H](C)[C@H](CCC(N)=O)NC(=O)[C@@H]2Cc3cccc4c3N2C(=O)[C@@H](NC(=O)c2cc3cc(C(F)(F)P(=O)(OCOC(=O)C(C)(C)C)OCOC(=O)C(C)(C)C)ccc3[nH]2)CC4)cc1. The molecular formula is C49H60F2N5O12P. The molecule has 0 fully saturated rings. The number of H-pyrrole nitrogens is 1. The summed E-state index contributed by atoms with van der Waals surface area (Å²) in [6.07, 6.45) is 0.324. The number of halogens is 2. The van der Waals surface area contributed by atoms with Crippen molar-refractivity contribution < 1.29 is 65.4 Å². The first-order valence-electron chi connectivity index (χ1n) is 22.5. The minimum Gasteiger partial charge on any atom is -0.438 e. The molecule has 17 nitrogen and oxygen atoms in total. The number of carbonyl (C=O) groups excluding carboxylic acids is 6. The van der Waals surface area contributed by atoms with Crippen LogP contribution in [0.5, 0.6) is 0 Å². The van der Waals surface area contributed by atoms with Gasteiger partial charge in [0.2, 0.25) is 31.3 Å². The summed E-state index contributed by atoms with van der Waals surface area (Å²) in [7, 11) is -5.64. The van der Waals surface area contributed by atoms with Crippen LogP contribution in [-0.4, -0.2) is 78.4 Å². The molecule has 0 aliphatic carbocycles. The highest BCUT2D eigenvalue weighted by Gasteiger charge is 2.56. The molecule has 0 saturated heterocycles. The van der Waals surface area contributed by atoms with E-state index in [0.29, 0.717) is 12.1 Å². The zero-order chi connectivity index (χ0) is 50.6. The molecule has 0 bridgehead atoms. The zero-order valence-corrected chi connectivity index (χ0v) is 40.8. The fourth-order valence-electron chi connectivity index (χ4n) is 7.77. The van der Waals surface area contributed by atoms with Gasteiger partial charge in [0, 0.05) is 29.3 Å². The van der Waals surface area contributed by atoms with E-state index in [1.54, 1.807) is 6.92 Å². The molecule has 5 N–H and O–H groups in total. The zero-order valence-electron chi connectivity index (χ0n) is 39.9. The van der Waals surface area contributed by atoms with Crippen LogP contribution in [0.15, 0.2) is 66.7 Å². The van der Waals surface area contributed by atoms with Gasteiger partial charge in [0.1, 0.15) is 17.8 Å². The molecule has 3 aromatic carbocycles. The van der Waals surface area contributed by atoms with Crippen LogP contribution in [0.4, 0.5) is 14.5 Å². The molecule has 1 aromatic heterocycles. The van der Waals surface area contributed by atoms with Crippen LogP contribution in [0.2, 0.25) is 0 Å². The van der Waals surface area contributed by atoms with Crippen LogP contribution in [0, 0.1) is 17.8 Å². The Labute approximate surface area is 399 Å². The number of alkyl halides is 2. The van der Waals surface area contributed by atoms with Crippen LogP contribution < -0.4 is 21.3 Å². The van der Waals surface area contributed by atoms with Gasteiger partial charge in [-0.15, -0.1) is 0 Å². The Morgan fingerprint density at radius 3 is 2.13 bits per heavy atom. The van der Waals surface area contributed by atoms with Crippen molar-refractivity contribution in [1.29, 1.82) is 0 Å². The summed E-state index contributed by atoms with van der Waals surface area (Å²) in [6.45, 7) is 10.7. The van der Waals surface area contributed by atoms with Gasteiger partial charge in [0.25, 0.3) is 5.91 Å². The molecule has 2 aliphatic heterocycles. The van der Waals surface area contributed by atoms with E-state index in [9.17, 15) is 33.3 Å². The molecule has 20 heteroatoms. The van der Waals surface area contributed by atoms with E-state index in [0.717, 1.165) is 34.4 Å². The number of ether oxygens (including phenoxy) is 3. The molecule has 4 aromatic rings. The highest BCUT2D eigenvalue weighted by Crippen LogP contribution is 2.67. The number of primary amides is 1. The number of nitrogens with two attached hydrogens (primary N) is 1. The standard InChI is InChI=1S/C49H60F2N5O12P/c1-28-12-14-30(15-13-28)25-64-29(2)35(20-21-40(52)57)54-43(59)39-24-32-11-9-10-31-16-18-37(44(60)56(39)41(31)32)55-42(58)38-23-33-22-34(17-19-36(33)53-38)49(50,51)69(63,67-26-65-45(61)47(3,4)5)68-27-66-46(62)48(6,7)8/h9-15,17,19,22-23,29,35,37,39,53H,16,18,20-21,24-27H2,1-8H3,(H2,52,57)(H,54,59)(H,55,58)/t29-,35+,37+,39+/m1/s1. The second-order valence-electron chi connectivity index (χ2n) is 19.4. The molecule has 0 spiro atoms. The number of fused-ring (bicyclic) bond motifs is 1. The normalized spacial score (nSPS) is 17.1. The number of nitrogens with zero attached hydrogens (tertiary/aromatic N) is 1. The van der Waals surface area contributed by atoms with E-state index in [1.165, 1.54) is 58.6 Å². The Morgan fingerprint density at radius 1 is 0.899 bits per heavy atom. The van der Waals surface area contributed by atoms with E-state index < -0.39 is 103 Å². The number of esters is 2. The number of amides is 4. The maximum atomic E-state index is 16.4. The first kappa shape index (κ1) is 52.4. The van der Waals surface area contributed by atoms with E-state index in [2.05, 4.69) is 15.6 Å². The number of anilines is 1. The Balaban J connectivity index is 1.19. The minimum absolute atomic E-state index is 0.0248. The topological polar surface area (TPSA) is 235 Å². The van der Waals surface area contributed by atoms with Gasteiger partial charge in [-0.1, -0.05) is 54.1 Å². The van der Waals surface area contributed by atoms with Crippen molar-refractivity contribution in [3.63, 3.8) is 0 Å². The Hall–Kier alpha value is -6.01. The fourth-order valence-corrected chi connectivity index (χ4v) is 9.01. The average Bonchev–Trinajstić information content (AvgIpc) is 3.87. The molecule has 6 rings (SSSR count). The number of rotatable bonds is 19. The molecule has 2 aliphatic rings. The van der Waals surface area contributed by atoms with Gasteiger partial charge < -0.3 is 35.6 Å². The Bertz CT molecular complexity index is 2610. The van der Waals surface area contributed by atoms with Crippen molar-refractivity contribution in [2.75, 3.05) is 18.5 Å². The van der Waals surface area contributed by atoms with Gasteiger partial charge in [-0.3, -0.25) is 47.3 Å². The summed E-state index contributed by atoms with van der Waals surface area (Å²) >= 11 is 0. The van der Waals surface area contributed by atoms with Gasteiger partial charge >= 0.3 is 25.2 Å². The molecule has 0 radical (unpaired) electrons. The number of hydrogen-bond acceptors (Lipinski definition) is 12. The first-order valence-corrected chi connectivity index (χ1v) is 24.1. The smallest absolute Gasteiger partial charge is 0.410 e. The largest absolute Gasteiger partial charge is 0.438 e. The predicted molar refractivity (Wildman–Crippen MR) is 250 cm³/mol. The average molecular weight is 980 g/mol. The molecule has 372 valence electrons. The van der Waals surface area contributed by atoms with Crippen LogP contribution in [0.3, 0.4) is 0 Å². The highest BCUT2D eigenvalue weighted by atomic mass is 31.2. The lowest BCUT2D eigenvalue weighted by Gasteiger charge is -2.31. The number of aryl methyl sites for hydroxylation is 2. The number of nitrogens with one attached hydrogen (secondary N) is 3. The van der Waals surface area contributed by atoms with Crippen molar-refractivity contribution >= 4 is 59.8 Å². The molecule has 0 unspecified atom stereocenters. The summed E-state index contributed by atoms with van der Waals surface area (Å²) in [4.78, 5) is 83.6. The molecular weight excluding hydrogens is 920 g/mol. The quantitative estimate of drug-likeness (QED) is 0.0415. The maximum Gasteiger partial charge on any atom is 0.410 e. The number of hydrogen-bond donors (Lipinski definition) is 4. The molecule has 4 atom stereocenters. The molecule has 3 heterocycles. The lowest BCUT2D eigenvalue weighted by molar-refractivity contribution is -0.163. The second kappa shape index (κ2) is 20.9. The van der Waals surface area contributed by atoms with E-state index in [1.807, 2.05) is 49.4 Å². The molecule has 69 heavy (non-hydrogen) atoms. The number of benzene rings is 3. The predicted octanol–water partition coefficient (Wildman–Crippen LogP) is 7.20. The van der Waals surface area contributed by atoms with Crippen molar-refractivity contribution in [2.24, 2.45) is 16.6 Å². The number of aromatic amines is 1. The second-order valence-corrected chi connectivity index (χ2v) is 21.5. The fraction of sp³-hybridized carbons (Fsp3) is 0.469. The first-order chi connectivity index (χ1) is 32.3. The Morgan fingerprint density at radius 2 is 1.52 bits per heavy atom. The summed E-state index contributed by atoms with van der Waals surface area (Å²) in [5.41, 5.74) is 2.39. The lowest BCUT2D eigenvalue weighted by Crippen LogP contribution is -2.56. The maximum absolute atomic E-state index is 16.4. The van der Waals surface area contributed by atoms with E-state index in [-0.39, 0.29) is 48.9 Å². The van der Waals surface area contributed by atoms with Crippen molar-refractivity contribution in [3.8, 4) is 0 Å². The molecule has 4 amide bonds. The van der Waals surface area contributed by atoms with E-state index in [4.69, 9.17) is 29.0 Å². The summed E-state index contributed by atoms with van der Waals surface area (Å²) in [5.74, 6) is -4.02. The van der Waals surface area contributed by atoms with Crippen LogP contribution in [0.1, 0.15) is 106 Å². The Kier molecular flexibility index (Phi) is 15.9. The van der Waals surface area contributed by atoms with Crippen molar-refractivity contribution in [2.45, 2.75) is 124 Å². The summed E-state index contributed by atoms with van der Waals surface area (Å²) in [5, 5.41) is 5.86. The number of para-hydroxylation sites is 1. The third-order valence-electron chi connectivity index (χ3n) is 11.9. The molecule has 0 saturated carbocycles. The third kappa shape index (κ3) is 12.2. The van der Waals surface area contributed by atoms with Gasteiger partial charge in [0.15, 0.2) is 0 Å². The minimum atomic E-state index is -5.64. The van der Waals surface area contributed by atoms with Gasteiger partial charge in [-0.25, -0.2) is 0 Å². The van der Waals surface area contributed by atoms with Crippen LogP contribution >= 0.6 is 7.60 Å². The number of aromatic nitrogens is 1. The van der Waals surface area contributed by atoms with Gasteiger partial charge in [-0.05, 0) is 110 Å². The van der Waals surface area contributed by atoms with Crippen LogP contribution in [-0.2, 0) is 76.9 Å². The third-order valence-corrected chi connectivity index (χ3v) is 13.7. The summed E-state index contributed by atoms with van der Waals surface area (Å²) < 4.78 is 72.7. The monoisotopic (exact) mass is 979 g/mol. The van der Waals surface area contributed by atoms with Crippen LogP contribution in [0.25, 0.3) is 10.9 Å². The number of carbonyl (C=O) groups is 6.